The van der Waals surface area contributed by atoms with Gasteiger partial charge in [0.15, 0.2) is 6.29 Å². The molecule has 28 heavy (non-hydrogen) atoms. The molecule has 2 atom stereocenters. The monoisotopic (exact) mass is 390 g/mol. The number of aryl methyl sites for hydroxylation is 1. The van der Waals surface area contributed by atoms with E-state index in [1.54, 1.807) is 31.3 Å². The number of aliphatic hydroxyl groups is 3. The molecule has 2 unspecified atom stereocenters. The average Bonchev–Trinajstić information content (AvgIpc) is 2.61. The van der Waals surface area contributed by atoms with Gasteiger partial charge in [0.25, 0.3) is 12.2 Å². The summed E-state index contributed by atoms with van der Waals surface area (Å²) in [5.41, 5.74) is 2.73. The van der Waals surface area contributed by atoms with Gasteiger partial charge in [-0.3, -0.25) is 9.78 Å². The Labute approximate surface area is 163 Å². The Morgan fingerprint density at radius 1 is 1.07 bits per heavy atom. The van der Waals surface area contributed by atoms with E-state index in [4.69, 9.17) is 9.47 Å². The highest BCUT2D eigenvalue weighted by atomic mass is 16.7. The largest absolute Gasteiger partial charge is 0.459 e. The Balaban J connectivity index is 2.23. The second-order valence-electron chi connectivity index (χ2n) is 6.71. The van der Waals surface area contributed by atoms with Gasteiger partial charge in [-0.05, 0) is 57.0 Å². The first-order valence-corrected chi connectivity index (χ1v) is 8.90. The predicted molar refractivity (Wildman–Crippen MR) is 102 cm³/mol. The molecule has 0 bridgehead atoms. The summed E-state index contributed by atoms with van der Waals surface area (Å²) in [5, 5.41) is 30.8. The highest BCUT2D eigenvalue weighted by molar-refractivity contribution is 5.95. The molecule has 0 radical (unpaired) electrons. The number of aromatic nitrogens is 1. The summed E-state index contributed by atoms with van der Waals surface area (Å²) in [6.45, 7) is 6.89. The van der Waals surface area contributed by atoms with Crippen molar-refractivity contribution in [1.29, 1.82) is 0 Å². The van der Waals surface area contributed by atoms with Crippen LogP contribution < -0.4 is 10.1 Å². The van der Waals surface area contributed by atoms with E-state index in [1.807, 2.05) is 19.9 Å². The lowest BCUT2D eigenvalue weighted by molar-refractivity contribution is -0.267. The van der Waals surface area contributed by atoms with E-state index in [-0.39, 0.29) is 11.9 Å². The first-order valence-electron chi connectivity index (χ1n) is 8.90. The minimum atomic E-state index is -1.92. The van der Waals surface area contributed by atoms with Gasteiger partial charge in [0.1, 0.15) is 5.75 Å². The van der Waals surface area contributed by atoms with Crippen molar-refractivity contribution in [1.82, 2.24) is 10.3 Å². The number of nitrogens with one attached hydrogen (secondary N) is 1. The van der Waals surface area contributed by atoms with Crippen LogP contribution in [0, 0.1) is 6.92 Å². The van der Waals surface area contributed by atoms with Crippen molar-refractivity contribution in [3.63, 3.8) is 0 Å². The second-order valence-corrected chi connectivity index (χ2v) is 6.71. The van der Waals surface area contributed by atoms with Gasteiger partial charge in [-0.2, -0.15) is 0 Å². The third kappa shape index (κ3) is 6.00. The average molecular weight is 390 g/mol. The van der Waals surface area contributed by atoms with Crippen molar-refractivity contribution < 1.29 is 29.6 Å². The lowest BCUT2D eigenvalue weighted by atomic mass is 10.0. The van der Waals surface area contributed by atoms with Crippen LogP contribution in [-0.2, 0) is 4.74 Å². The lowest BCUT2D eigenvalue weighted by Gasteiger charge is -2.23. The lowest BCUT2D eigenvalue weighted by Crippen LogP contribution is -2.37. The molecule has 1 amide bonds. The first-order chi connectivity index (χ1) is 13.2. The number of hydrogen-bond donors (Lipinski definition) is 4. The smallest absolute Gasteiger partial charge is 0.253 e. The van der Waals surface area contributed by atoms with Crippen LogP contribution >= 0.6 is 0 Å². The van der Waals surface area contributed by atoms with Crippen LogP contribution in [-0.4, -0.2) is 51.1 Å². The van der Waals surface area contributed by atoms with E-state index in [1.165, 1.54) is 13.1 Å². The van der Waals surface area contributed by atoms with Crippen LogP contribution in [0.3, 0.4) is 0 Å². The third-order valence-corrected chi connectivity index (χ3v) is 3.75. The Hall–Kier alpha value is -2.52. The number of benzene rings is 1. The molecule has 0 fully saturated rings. The second kappa shape index (κ2) is 9.61. The molecule has 1 aromatic carbocycles. The minimum Gasteiger partial charge on any atom is -0.459 e. The normalized spacial score (nSPS) is 13.5. The van der Waals surface area contributed by atoms with Gasteiger partial charge in [-0.25, -0.2) is 0 Å². The summed E-state index contributed by atoms with van der Waals surface area (Å²) in [5.74, 6) is 0.167. The van der Waals surface area contributed by atoms with Gasteiger partial charge in [0.05, 0.1) is 5.56 Å². The zero-order valence-electron chi connectivity index (χ0n) is 16.3. The third-order valence-electron chi connectivity index (χ3n) is 3.75. The fraction of sp³-hybridized carbons (Fsp3) is 0.400. The fourth-order valence-corrected chi connectivity index (χ4v) is 2.51. The van der Waals surface area contributed by atoms with Crippen molar-refractivity contribution in [3.05, 3.63) is 47.8 Å². The van der Waals surface area contributed by atoms with Crippen LogP contribution in [0.25, 0.3) is 11.1 Å². The van der Waals surface area contributed by atoms with Gasteiger partial charge in [-0.1, -0.05) is 6.07 Å². The van der Waals surface area contributed by atoms with E-state index < -0.39 is 18.9 Å². The molecule has 0 saturated carbocycles. The quantitative estimate of drug-likeness (QED) is 0.505. The highest BCUT2D eigenvalue weighted by Gasteiger charge is 2.22. The predicted octanol–water partition coefficient (Wildman–Crippen LogP) is 1.57. The summed E-state index contributed by atoms with van der Waals surface area (Å²) in [6.07, 6.45) is -1.43. The number of carbonyl (C=O) groups excluding carboxylic acids is 1. The number of amides is 1. The molecule has 4 N–H and O–H groups in total. The number of pyridine rings is 1. The fourth-order valence-electron chi connectivity index (χ4n) is 2.51. The Kier molecular flexibility index (Phi) is 7.47. The van der Waals surface area contributed by atoms with E-state index in [0.717, 1.165) is 11.1 Å². The van der Waals surface area contributed by atoms with Gasteiger partial charge < -0.3 is 30.1 Å². The van der Waals surface area contributed by atoms with Crippen molar-refractivity contribution in [3.8, 4) is 16.9 Å². The first kappa shape index (κ1) is 21.8. The summed E-state index contributed by atoms with van der Waals surface area (Å²) in [6, 6.07) is 6.99. The molecule has 8 nitrogen and oxygen atoms in total. The number of carbonyl (C=O) groups is 1. The van der Waals surface area contributed by atoms with Crippen molar-refractivity contribution in [2.75, 3.05) is 0 Å². The SMILES string of the molecule is Cc1cc(-c2cncc(C(=O)NC(C)C)c2)ccc1OC(OC(C)O)C(O)O. The topological polar surface area (TPSA) is 121 Å². The van der Waals surface area contributed by atoms with Crippen molar-refractivity contribution >= 4 is 5.91 Å². The van der Waals surface area contributed by atoms with Crippen LogP contribution in [0.5, 0.6) is 5.75 Å². The number of ether oxygens (including phenoxy) is 2. The number of nitrogens with zero attached hydrogens (tertiary/aromatic N) is 1. The van der Waals surface area contributed by atoms with Gasteiger partial charge in [0.2, 0.25) is 6.29 Å². The van der Waals surface area contributed by atoms with Crippen LogP contribution in [0.4, 0.5) is 0 Å². The molecule has 2 rings (SSSR count). The maximum absolute atomic E-state index is 12.2. The molecule has 0 saturated heterocycles. The number of hydrogen-bond acceptors (Lipinski definition) is 7. The van der Waals surface area contributed by atoms with Gasteiger partial charge >= 0.3 is 0 Å². The zero-order chi connectivity index (χ0) is 20.8. The maximum atomic E-state index is 12.2. The van der Waals surface area contributed by atoms with Crippen molar-refractivity contribution in [2.45, 2.75) is 52.6 Å². The Morgan fingerprint density at radius 2 is 1.79 bits per heavy atom. The minimum absolute atomic E-state index is 0.0218. The number of aliphatic hydroxyl groups excluding tert-OH is 2. The molecule has 8 heteroatoms. The molecule has 0 aliphatic heterocycles. The summed E-state index contributed by atoms with van der Waals surface area (Å²) in [7, 11) is 0. The molecule has 0 spiro atoms. The molecule has 1 aromatic heterocycles. The summed E-state index contributed by atoms with van der Waals surface area (Å²) in [4.78, 5) is 16.3. The molecule has 0 aliphatic carbocycles. The van der Waals surface area contributed by atoms with E-state index in [0.29, 0.717) is 16.9 Å². The molecule has 2 aromatic rings. The van der Waals surface area contributed by atoms with E-state index in [9.17, 15) is 20.1 Å². The summed E-state index contributed by atoms with van der Waals surface area (Å²) >= 11 is 0. The maximum Gasteiger partial charge on any atom is 0.253 e. The zero-order valence-corrected chi connectivity index (χ0v) is 16.3. The van der Waals surface area contributed by atoms with Crippen LogP contribution in [0.2, 0.25) is 0 Å². The molecule has 0 aliphatic rings. The van der Waals surface area contributed by atoms with Crippen LogP contribution in [0.15, 0.2) is 36.7 Å². The molecular formula is C20H26N2O6. The van der Waals surface area contributed by atoms with Crippen LogP contribution in [0.1, 0.15) is 36.7 Å². The molecular weight excluding hydrogens is 364 g/mol. The Morgan fingerprint density at radius 3 is 2.36 bits per heavy atom. The van der Waals surface area contributed by atoms with E-state index in [2.05, 4.69) is 10.3 Å². The standard InChI is InChI=1S/C20H26N2O6/c1-11(2)22-18(24)16-8-15(9-21-10-16)14-5-6-17(12(3)7-14)28-20(19(25)26)27-13(4)23/h5-11,13,19-20,23,25-26H,1-4H3,(H,22,24). The summed E-state index contributed by atoms with van der Waals surface area (Å²) < 4.78 is 10.4. The highest BCUT2D eigenvalue weighted by Crippen LogP contribution is 2.27. The van der Waals surface area contributed by atoms with Crippen molar-refractivity contribution in [2.24, 2.45) is 0 Å². The Bertz CT molecular complexity index is 807. The molecule has 1 heterocycles. The van der Waals surface area contributed by atoms with E-state index >= 15 is 0 Å². The van der Waals surface area contributed by atoms with Gasteiger partial charge in [-0.15, -0.1) is 0 Å². The number of rotatable bonds is 8. The van der Waals surface area contributed by atoms with Gasteiger partial charge in [0, 0.05) is 24.0 Å². The molecule has 152 valence electrons.